The summed E-state index contributed by atoms with van der Waals surface area (Å²) in [6.07, 6.45) is 4.98. The lowest BCUT2D eigenvalue weighted by atomic mass is 10.1. The zero-order valence-corrected chi connectivity index (χ0v) is 25.9. The van der Waals surface area contributed by atoms with Gasteiger partial charge in [-0.05, 0) is 49.6 Å². The van der Waals surface area contributed by atoms with Crippen molar-refractivity contribution in [3.05, 3.63) is 106 Å². The van der Waals surface area contributed by atoms with Gasteiger partial charge in [0.05, 0.1) is 39.6 Å². The lowest BCUT2D eigenvalue weighted by molar-refractivity contribution is -0.126. The number of anilines is 1. The minimum Gasteiger partial charge on any atom is -0.507 e. The number of pyridine rings is 1. The molecule has 1 aliphatic heterocycles. The number of amides is 1. The summed E-state index contributed by atoms with van der Waals surface area (Å²) in [4.78, 5) is 39.6. The van der Waals surface area contributed by atoms with Crippen molar-refractivity contribution in [2.75, 3.05) is 24.5 Å². The highest BCUT2D eigenvalue weighted by Crippen LogP contribution is 2.43. The van der Waals surface area contributed by atoms with Gasteiger partial charge in [0, 0.05) is 37.8 Å². The van der Waals surface area contributed by atoms with Crippen molar-refractivity contribution in [2.24, 2.45) is 0 Å². The van der Waals surface area contributed by atoms with Crippen molar-refractivity contribution in [1.82, 2.24) is 29.2 Å². The van der Waals surface area contributed by atoms with E-state index >= 15 is 4.39 Å². The van der Waals surface area contributed by atoms with Gasteiger partial charge in [-0.25, -0.2) is 18.7 Å². The number of aromatic nitrogens is 5. The monoisotopic (exact) mass is 639 g/mol. The zero-order valence-electron chi connectivity index (χ0n) is 25.1. The van der Waals surface area contributed by atoms with Crippen molar-refractivity contribution < 1.29 is 14.3 Å². The Morgan fingerprint density at radius 3 is 2.61 bits per heavy atom. The maximum atomic E-state index is 15.2. The van der Waals surface area contributed by atoms with Crippen LogP contribution < -0.4 is 10.6 Å². The fraction of sp³-hybridized carbons (Fsp3) is 0.265. The molecule has 3 aromatic heterocycles. The smallest absolute Gasteiger partial charge is 0.355 e. The molecule has 12 heteroatoms. The standard InChI is InChI=1S/C34H31ClFN7O3/c1-3-28(45)40-14-15-42(20(2)17-40)32-23-16-24(35)31(29-25(36)10-7-11-27(29)44)37-33(23)43(34(46)38-32)26-19-41(39-30(26)22-12-13-22)18-21-8-5-4-6-9-21/h3-11,16,19-20,22,44H,1,12-15,17-18H2,2H3/t20-/m0/s1. The number of hydrogen-bond donors (Lipinski definition) is 1. The van der Waals surface area contributed by atoms with Gasteiger partial charge in [0.2, 0.25) is 5.91 Å². The molecular weight excluding hydrogens is 609 g/mol. The van der Waals surface area contributed by atoms with E-state index in [2.05, 4.69) is 11.6 Å². The van der Waals surface area contributed by atoms with Gasteiger partial charge >= 0.3 is 5.69 Å². The van der Waals surface area contributed by atoms with Gasteiger partial charge in [-0.15, -0.1) is 0 Å². The average Bonchev–Trinajstić information content (AvgIpc) is 3.81. The molecule has 46 heavy (non-hydrogen) atoms. The molecular formula is C34H31ClFN7O3. The van der Waals surface area contributed by atoms with Crippen molar-refractivity contribution in [2.45, 2.75) is 38.3 Å². The van der Waals surface area contributed by atoms with Gasteiger partial charge in [-0.1, -0.05) is 54.6 Å². The molecule has 1 aliphatic carbocycles. The summed E-state index contributed by atoms with van der Waals surface area (Å²) in [7, 11) is 0. The summed E-state index contributed by atoms with van der Waals surface area (Å²) >= 11 is 6.78. The second kappa shape index (κ2) is 11.7. The lowest BCUT2D eigenvalue weighted by Gasteiger charge is -2.40. The highest BCUT2D eigenvalue weighted by atomic mass is 35.5. The Labute approximate surface area is 269 Å². The van der Waals surface area contributed by atoms with Crippen molar-refractivity contribution >= 4 is 34.4 Å². The maximum absolute atomic E-state index is 15.2. The average molecular weight is 640 g/mol. The van der Waals surface area contributed by atoms with E-state index in [0.717, 1.165) is 24.1 Å². The highest BCUT2D eigenvalue weighted by molar-refractivity contribution is 6.34. The van der Waals surface area contributed by atoms with Crippen LogP contribution in [0, 0.1) is 5.82 Å². The maximum Gasteiger partial charge on any atom is 0.355 e. The first-order valence-corrected chi connectivity index (χ1v) is 15.5. The minimum atomic E-state index is -0.706. The molecule has 1 saturated heterocycles. The van der Waals surface area contributed by atoms with Crippen LogP contribution in [0.2, 0.25) is 5.02 Å². The molecule has 1 N–H and O–H groups in total. The molecule has 2 aromatic carbocycles. The van der Waals surface area contributed by atoms with Crippen LogP contribution in [0.5, 0.6) is 5.75 Å². The number of nitrogens with zero attached hydrogens (tertiary/aromatic N) is 7. The number of piperazine rings is 1. The number of fused-ring (bicyclic) bond motifs is 1. The summed E-state index contributed by atoms with van der Waals surface area (Å²) in [5.74, 6) is -0.672. The van der Waals surface area contributed by atoms with E-state index < -0.39 is 11.5 Å². The third-order valence-electron chi connectivity index (χ3n) is 8.58. The van der Waals surface area contributed by atoms with Crippen LogP contribution in [0.1, 0.15) is 36.9 Å². The molecule has 1 saturated carbocycles. The second-order valence-electron chi connectivity index (χ2n) is 11.8. The molecule has 2 aliphatic rings. The lowest BCUT2D eigenvalue weighted by Crippen LogP contribution is -2.54. The van der Waals surface area contributed by atoms with Crippen molar-refractivity contribution in [3.63, 3.8) is 0 Å². The van der Waals surface area contributed by atoms with E-state index in [4.69, 9.17) is 21.7 Å². The number of aromatic hydroxyl groups is 1. The number of carbonyl (C=O) groups excluding carboxylic acids is 1. The summed E-state index contributed by atoms with van der Waals surface area (Å²) in [6, 6.07) is 15.3. The quantitative estimate of drug-likeness (QED) is 0.241. The fourth-order valence-corrected chi connectivity index (χ4v) is 6.41. The largest absolute Gasteiger partial charge is 0.507 e. The number of benzene rings is 2. The Morgan fingerprint density at radius 2 is 1.91 bits per heavy atom. The van der Waals surface area contributed by atoms with Gasteiger partial charge < -0.3 is 14.9 Å². The Morgan fingerprint density at radius 1 is 1.13 bits per heavy atom. The Bertz CT molecular complexity index is 2040. The van der Waals surface area contributed by atoms with Gasteiger partial charge in [-0.3, -0.25) is 9.48 Å². The van der Waals surface area contributed by atoms with Gasteiger partial charge in [0.25, 0.3) is 0 Å². The van der Waals surface area contributed by atoms with Crippen LogP contribution in [-0.4, -0.2) is 65.9 Å². The third-order valence-corrected chi connectivity index (χ3v) is 8.87. The molecule has 5 aromatic rings. The number of halogens is 2. The van der Waals surface area contributed by atoms with Crippen LogP contribution >= 0.6 is 11.6 Å². The van der Waals surface area contributed by atoms with Crippen molar-refractivity contribution in [1.29, 1.82) is 0 Å². The van der Waals surface area contributed by atoms with Crippen LogP contribution in [0.25, 0.3) is 28.0 Å². The molecule has 7 rings (SSSR count). The minimum absolute atomic E-state index is 0.00540. The molecule has 0 radical (unpaired) electrons. The van der Waals surface area contributed by atoms with Crippen LogP contribution in [0.4, 0.5) is 10.2 Å². The van der Waals surface area contributed by atoms with E-state index in [1.165, 1.54) is 28.8 Å². The number of rotatable bonds is 7. The number of phenolic OH excluding ortho intramolecular Hbond substituents is 1. The summed E-state index contributed by atoms with van der Waals surface area (Å²) < 4.78 is 18.4. The topological polar surface area (TPSA) is 109 Å². The second-order valence-corrected chi connectivity index (χ2v) is 12.2. The van der Waals surface area contributed by atoms with Crippen molar-refractivity contribution in [3.8, 4) is 22.7 Å². The fourth-order valence-electron chi connectivity index (χ4n) is 6.16. The Hall–Kier alpha value is -5.03. The van der Waals surface area contributed by atoms with Crippen LogP contribution in [-0.2, 0) is 11.3 Å². The van der Waals surface area contributed by atoms with E-state index in [-0.39, 0.29) is 45.5 Å². The SMILES string of the molecule is C=CC(=O)N1CCN(c2nc(=O)n(-c3cn(Cc4ccccc4)nc3C3CC3)c3nc(-c4c(O)cccc4F)c(Cl)cc23)[C@@H](C)C1. The molecule has 0 bridgehead atoms. The van der Waals surface area contributed by atoms with Gasteiger partial charge in [0.15, 0.2) is 5.65 Å². The van der Waals surface area contributed by atoms with Gasteiger partial charge in [0.1, 0.15) is 17.4 Å². The first-order valence-electron chi connectivity index (χ1n) is 15.1. The molecule has 0 unspecified atom stereocenters. The van der Waals surface area contributed by atoms with E-state index in [9.17, 15) is 14.7 Å². The predicted molar refractivity (Wildman–Crippen MR) is 174 cm³/mol. The Kier molecular flexibility index (Phi) is 7.56. The molecule has 1 atom stereocenters. The number of phenols is 1. The highest BCUT2D eigenvalue weighted by Gasteiger charge is 2.34. The molecule has 0 spiro atoms. The number of carbonyl (C=O) groups is 1. The summed E-state index contributed by atoms with van der Waals surface area (Å²) in [5, 5.41) is 16.1. The molecule has 4 heterocycles. The third kappa shape index (κ3) is 5.30. The molecule has 10 nitrogen and oxygen atoms in total. The molecule has 2 fully saturated rings. The Balaban J connectivity index is 1.45. The predicted octanol–water partition coefficient (Wildman–Crippen LogP) is 5.29. The summed E-state index contributed by atoms with van der Waals surface area (Å²) in [6.45, 7) is 7.25. The normalized spacial score (nSPS) is 16.6. The first kappa shape index (κ1) is 29.7. The van der Waals surface area contributed by atoms with Crippen LogP contribution in [0.3, 0.4) is 0 Å². The zero-order chi connectivity index (χ0) is 32.1. The molecule has 234 valence electrons. The van der Waals surface area contributed by atoms with E-state index in [1.807, 2.05) is 53.0 Å². The van der Waals surface area contributed by atoms with Gasteiger partial charge in [-0.2, -0.15) is 10.1 Å². The van der Waals surface area contributed by atoms with E-state index in [0.29, 0.717) is 43.1 Å². The molecule has 1 amide bonds. The number of hydrogen-bond acceptors (Lipinski definition) is 7. The summed E-state index contributed by atoms with van der Waals surface area (Å²) in [5.41, 5.74) is 1.79. The van der Waals surface area contributed by atoms with Crippen LogP contribution in [0.15, 0.2) is 78.2 Å². The van der Waals surface area contributed by atoms with E-state index in [1.54, 1.807) is 11.0 Å². The first-order chi connectivity index (χ1) is 22.2.